The first-order valence-corrected chi connectivity index (χ1v) is 6.56. The van der Waals surface area contributed by atoms with Crippen LogP contribution in [0.1, 0.15) is 11.7 Å². The minimum absolute atomic E-state index is 0.0987. The van der Waals surface area contributed by atoms with E-state index in [2.05, 4.69) is 15.2 Å². The number of rotatable bonds is 4. The average molecular weight is 291 g/mol. The molecule has 8 nitrogen and oxygen atoms in total. The normalized spacial score (nSPS) is 10.8. The molecule has 0 aliphatic carbocycles. The van der Waals surface area contributed by atoms with Gasteiger partial charge < -0.3 is 14.5 Å². The lowest BCUT2D eigenvalue weighted by atomic mass is 10.5. The van der Waals surface area contributed by atoms with Gasteiger partial charge in [0.2, 0.25) is 0 Å². The van der Waals surface area contributed by atoms with Crippen LogP contribution in [0.15, 0.2) is 28.1 Å². The van der Waals surface area contributed by atoms with E-state index in [4.69, 9.17) is 4.42 Å². The average Bonchev–Trinajstić information content (AvgIpc) is 3.12. The third kappa shape index (κ3) is 2.18. The van der Waals surface area contributed by atoms with Gasteiger partial charge in [0.15, 0.2) is 12.4 Å². The van der Waals surface area contributed by atoms with Crippen molar-refractivity contribution in [3.63, 3.8) is 0 Å². The largest absolute Gasteiger partial charge is 0.416 e. The van der Waals surface area contributed by atoms with E-state index in [1.54, 1.807) is 6.92 Å². The Labute approximate surface area is 116 Å². The molecule has 3 aromatic rings. The molecule has 0 amide bonds. The number of hydrogen-bond donors (Lipinski definition) is 0. The van der Waals surface area contributed by atoms with Gasteiger partial charge in [0.1, 0.15) is 6.20 Å². The molecule has 0 N–H and O–H groups in total. The summed E-state index contributed by atoms with van der Waals surface area (Å²) in [4.78, 5) is 15.2. The van der Waals surface area contributed by atoms with E-state index in [0.717, 1.165) is 4.88 Å². The van der Waals surface area contributed by atoms with Crippen molar-refractivity contribution in [2.45, 2.75) is 13.5 Å². The van der Waals surface area contributed by atoms with Gasteiger partial charge in [-0.25, -0.2) is 9.55 Å². The van der Waals surface area contributed by atoms with Crippen molar-refractivity contribution in [1.29, 1.82) is 0 Å². The summed E-state index contributed by atoms with van der Waals surface area (Å²) in [7, 11) is 0. The van der Waals surface area contributed by atoms with Crippen LogP contribution < -0.4 is 0 Å². The first kappa shape index (κ1) is 12.5. The Balaban J connectivity index is 1.89. The highest BCUT2D eigenvalue weighted by atomic mass is 32.1. The van der Waals surface area contributed by atoms with E-state index in [1.165, 1.54) is 22.1 Å². The number of nitro groups is 1. The van der Waals surface area contributed by atoms with Gasteiger partial charge in [-0.2, -0.15) is 0 Å². The molecule has 0 fully saturated rings. The van der Waals surface area contributed by atoms with E-state index in [9.17, 15) is 10.1 Å². The zero-order chi connectivity index (χ0) is 14.1. The van der Waals surface area contributed by atoms with Crippen molar-refractivity contribution >= 4 is 17.2 Å². The van der Waals surface area contributed by atoms with E-state index < -0.39 is 4.92 Å². The van der Waals surface area contributed by atoms with Crippen molar-refractivity contribution in [2.75, 3.05) is 0 Å². The third-order valence-electron chi connectivity index (χ3n) is 2.71. The Morgan fingerprint density at radius 2 is 2.35 bits per heavy atom. The Morgan fingerprint density at radius 1 is 1.50 bits per heavy atom. The molecule has 0 aliphatic heterocycles. The SMILES string of the molecule is Cc1ncc([N+](=O)[O-])n1Cc1nnc(-c2cccs2)o1. The lowest BCUT2D eigenvalue weighted by Crippen LogP contribution is -2.06. The van der Waals surface area contributed by atoms with E-state index in [1.807, 2.05) is 17.5 Å². The summed E-state index contributed by atoms with van der Waals surface area (Å²) < 4.78 is 6.93. The molecule has 0 atom stereocenters. The quantitative estimate of drug-likeness (QED) is 0.540. The Morgan fingerprint density at radius 3 is 3.05 bits per heavy atom. The van der Waals surface area contributed by atoms with Gasteiger partial charge in [-0.1, -0.05) is 6.07 Å². The first-order valence-electron chi connectivity index (χ1n) is 5.68. The molecule has 0 radical (unpaired) electrons. The highest BCUT2D eigenvalue weighted by Gasteiger charge is 2.20. The molecular weight excluding hydrogens is 282 g/mol. The van der Waals surface area contributed by atoms with Crippen LogP contribution in [0.2, 0.25) is 0 Å². The second-order valence-corrected chi connectivity index (χ2v) is 4.93. The van der Waals surface area contributed by atoms with Crippen LogP contribution in [0.4, 0.5) is 5.82 Å². The minimum Gasteiger partial charge on any atom is -0.416 e. The standard InChI is InChI=1S/C11H9N5O3S/c1-7-12-5-10(16(17)18)15(7)6-9-13-14-11(19-9)8-3-2-4-20-8/h2-5H,6H2,1H3. The van der Waals surface area contributed by atoms with Gasteiger partial charge in [0, 0.05) is 6.92 Å². The van der Waals surface area contributed by atoms with Crippen LogP contribution in [0.3, 0.4) is 0 Å². The highest BCUT2D eigenvalue weighted by molar-refractivity contribution is 7.13. The zero-order valence-corrected chi connectivity index (χ0v) is 11.2. The van der Waals surface area contributed by atoms with Crippen molar-refractivity contribution < 1.29 is 9.34 Å². The van der Waals surface area contributed by atoms with E-state index in [0.29, 0.717) is 17.6 Å². The van der Waals surface area contributed by atoms with Gasteiger partial charge in [0.05, 0.1) is 4.88 Å². The summed E-state index contributed by atoms with van der Waals surface area (Å²) in [6.07, 6.45) is 1.21. The van der Waals surface area contributed by atoms with Gasteiger partial charge in [-0.3, -0.25) is 0 Å². The smallest absolute Gasteiger partial charge is 0.343 e. The molecule has 0 spiro atoms. The number of thiophene rings is 1. The first-order chi connectivity index (χ1) is 9.65. The summed E-state index contributed by atoms with van der Waals surface area (Å²) >= 11 is 1.48. The fourth-order valence-electron chi connectivity index (χ4n) is 1.75. The molecule has 0 saturated heterocycles. The molecule has 0 aliphatic rings. The van der Waals surface area contributed by atoms with Crippen molar-refractivity contribution in [1.82, 2.24) is 19.7 Å². The molecule has 0 aromatic carbocycles. The van der Waals surface area contributed by atoms with Crippen molar-refractivity contribution in [3.05, 3.63) is 45.5 Å². The molecule has 3 rings (SSSR count). The fraction of sp³-hybridized carbons (Fsp3) is 0.182. The molecule has 0 bridgehead atoms. The molecule has 102 valence electrons. The molecule has 9 heteroatoms. The topological polar surface area (TPSA) is 99.9 Å². The number of aromatic nitrogens is 4. The maximum atomic E-state index is 10.9. The molecule has 0 unspecified atom stereocenters. The van der Waals surface area contributed by atoms with Gasteiger partial charge >= 0.3 is 5.82 Å². The Bertz CT molecular complexity index is 746. The Kier molecular flexibility index (Phi) is 3.03. The molecular formula is C11H9N5O3S. The maximum absolute atomic E-state index is 10.9. The lowest BCUT2D eigenvalue weighted by Gasteiger charge is -1.98. The number of aryl methyl sites for hydroxylation is 1. The summed E-state index contributed by atoms with van der Waals surface area (Å²) in [5, 5.41) is 20.6. The predicted molar refractivity (Wildman–Crippen MR) is 70.3 cm³/mol. The predicted octanol–water partition coefficient (Wildman–Crippen LogP) is 2.26. The monoisotopic (exact) mass is 291 g/mol. The van der Waals surface area contributed by atoms with Crippen LogP contribution >= 0.6 is 11.3 Å². The summed E-state index contributed by atoms with van der Waals surface area (Å²) in [5.74, 6) is 1.14. The highest BCUT2D eigenvalue weighted by Crippen LogP contribution is 2.24. The van der Waals surface area contributed by atoms with Crippen LogP contribution in [0.5, 0.6) is 0 Å². The minimum atomic E-state index is -0.490. The van der Waals surface area contributed by atoms with Gasteiger partial charge in [0.25, 0.3) is 11.8 Å². The number of nitrogens with zero attached hydrogens (tertiary/aromatic N) is 5. The molecule has 20 heavy (non-hydrogen) atoms. The van der Waals surface area contributed by atoms with Gasteiger partial charge in [-0.05, 0) is 16.4 Å². The van der Waals surface area contributed by atoms with Crippen molar-refractivity contribution in [3.8, 4) is 10.8 Å². The summed E-state index contributed by atoms with van der Waals surface area (Å²) in [6, 6.07) is 3.75. The van der Waals surface area contributed by atoms with Crippen LogP contribution in [0.25, 0.3) is 10.8 Å². The van der Waals surface area contributed by atoms with Crippen LogP contribution in [0, 0.1) is 17.0 Å². The van der Waals surface area contributed by atoms with Crippen molar-refractivity contribution in [2.24, 2.45) is 0 Å². The maximum Gasteiger partial charge on any atom is 0.343 e. The summed E-state index contributed by atoms with van der Waals surface area (Å²) in [6.45, 7) is 1.81. The third-order valence-corrected chi connectivity index (χ3v) is 3.57. The van der Waals surface area contributed by atoms with E-state index >= 15 is 0 Å². The number of hydrogen-bond acceptors (Lipinski definition) is 7. The molecule has 3 heterocycles. The zero-order valence-electron chi connectivity index (χ0n) is 10.4. The fourth-order valence-corrected chi connectivity index (χ4v) is 2.39. The second-order valence-electron chi connectivity index (χ2n) is 3.99. The van der Waals surface area contributed by atoms with Crippen LogP contribution in [-0.4, -0.2) is 24.7 Å². The summed E-state index contributed by atoms with van der Waals surface area (Å²) in [5.41, 5.74) is 0. The molecule has 3 aromatic heterocycles. The van der Waals surface area contributed by atoms with E-state index in [-0.39, 0.29) is 12.4 Å². The Hall–Kier alpha value is -2.55. The number of imidazole rings is 1. The second kappa shape index (κ2) is 4.85. The van der Waals surface area contributed by atoms with Crippen LogP contribution in [-0.2, 0) is 6.54 Å². The van der Waals surface area contributed by atoms with Gasteiger partial charge in [-0.15, -0.1) is 21.5 Å². The molecule has 0 saturated carbocycles. The lowest BCUT2D eigenvalue weighted by molar-refractivity contribution is -0.392.